The fourth-order valence-corrected chi connectivity index (χ4v) is 2.46. The van der Waals surface area contributed by atoms with Crippen molar-refractivity contribution in [3.8, 4) is 17.2 Å². The molecule has 8 heteroatoms. The van der Waals surface area contributed by atoms with Crippen LogP contribution in [0.15, 0.2) is 6.07 Å². The Morgan fingerprint density at radius 3 is 2.71 bits per heavy atom. The highest BCUT2D eigenvalue weighted by molar-refractivity contribution is 8.13. The normalized spacial score (nSPS) is 14.7. The van der Waals surface area contributed by atoms with Crippen LogP contribution in [-0.2, 0) is 14.8 Å². The first-order chi connectivity index (χ1) is 7.88. The Bertz CT molecular complexity index is 557. The van der Waals surface area contributed by atoms with Crippen molar-refractivity contribution in [3.05, 3.63) is 17.4 Å². The van der Waals surface area contributed by atoms with Crippen LogP contribution in [0.2, 0.25) is 0 Å². The number of benzene rings is 1. The molecule has 1 aromatic rings. The highest BCUT2D eigenvalue weighted by atomic mass is 35.7. The van der Waals surface area contributed by atoms with Gasteiger partial charge in [0.25, 0.3) is 0 Å². The highest BCUT2D eigenvalue weighted by Gasteiger charge is 2.26. The van der Waals surface area contributed by atoms with Gasteiger partial charge < -0.3 is 14.6 Å². The van der Waals surface area contributed by atoms with Gasteiger partial charge in [-0.1, -0.05) is 0 Å². The molecule has 0 fully saturated rings. The molecule has 0 aliphatic carbocycles. The lowest BCUT2D eigenvalue weighted by molar-refractivity contribution is 0.168. The van der Waals surface area contributed by atoms with Gasteiger partial charge in [0.05, 0.1) is 11.3 Å². The second kappa shape index (κ2) is 4.23. The third-order valence-corrected chi connectivity index (χ3v) is 3.13. The molecule has 0 aromatic heterocycles. The molecule has 5 nitrogen and oxygen atoms in total. The van der Waals surface area contributed by atoms with E-state index in [9.17, 15) is 17.9 Å². The average molecular weight is 283 g/mol. The Labute approximate surface area is 101 Å². The molecule has 0 bridgehead atoms. The molecule has 0 atom stereocenters. The van der Waals surface area contributed by atoms with Gasteiger partial charge in [0.1, 0.15) is 13.2 Å². The first-order valence-corrected chi connectivity index (χ1v) is 7.08. The third kappa shape index (κ3) is 2.55. The molecule has 0 spiro atoms. The molecule has 0 saturated carbocycles. The Kier molecular flexibility index (Phi) is 3.05. The standard InChI is InChI=1S/C9H8ClFO5S/c10-17(13,14)4-5-8(12)6(11)3-7-9(5)16-2-1-15-7/h3,12H,1-2,4H2. The summed E-state index contributed by atoms with van der Waals surface area (Å²) in [5, 5.41) is 9.48. The van der Waals surface area contributed by atoms with Gasteiger partial charge in [-0.15, -0.1) is 0 Å². The van der Waals surface area contributed by atoms with E-state index < -0.39 is 26.4 Å². The van der Waals surface area contributed by atoms with E-state index in [1.807, 2.05) is 0 Å². The summed E-state index contributed by atoms with van der Waals surface area (Å²) >= 11 is 0. The van der Waals surface area contributed by atoms with E-state index in [4.69, 9.17) is 20.2 Å². The smallest absolute Gasteiger partial charge is 0.237 e. The number of fused-ring (bicyclic) bond motifs is 1. The molecule has 0 saturated heterocycles. The molecule has 1 aromatic carbocycles. The second-order valence-electron chi connectivity index (χ2n) is 3.39. The predicted molar refractivity (Wildman–Crippen MR) is 57.5 cm³/mol. The summed E-state index contributed by atoms with van der Waals surface area (Å²) < 4.78 is 45.6. The van der Waals surface area contributed by atoms with Crippen LogP contribution in [0.1, 0.15) is 5.56 Å². The minimum absolute atomic E-state index is 0.0133. The minimum Gasteiger partial charge on any atom is -0.505 e. The van der Waals surface area contributed by atoms with E-state index in [0.717, 1.165) is 6.07 Å². The Balaban J connectivity index is 2.58. The molecule has 1 heterocycles. The van der Waals surface area contributed by atoms with Gasteiger partial charge in [-0.05, 0) is 0 Å². The quantitative estimate of drug-likeness (QED) is 0.830. The monoisotopic (exact) mass is 282 g/mol. The van der Waals surface area contributed by atoms with E-state index in [0.29, 0.717) is 0 Å². The summed E-state index contributed by atoms with van der Waals surface area (Å²) in [6.07, 6.45) is 0. The number of ether oxygens (including phenoxy) is 2. The Morgan fingerprint density at radius 1 is 1.41 bits per heavy atom. The van der Waals surface area contributed by atoms with Crippen molar-refractivity contribution in [1.29, 1.82) is 0 Å². The molecular weight excluding hydrogens is 275 g/mol. The molecular formula is C9H8ClFO5S. The van der Waals surface area contributed by atoms with Gasteiger partial charge in [0, 0.05) is 16.7 Å². The Morgan fingerprint density at radius 2 is 2.06 bits per heavy atom. The largest absolute Gasteiger partial charge is 0.505 e. The molecule has 0 radical (unpaired) electrons. The fourth-order valence-electron chi connectivity index (χ4n) is 1.52. The number of phenols is 1. The summed E-state index contributed by atoms with van der Waals surface area (Å²) in [5.41, 5.74) is -0.227. The molecule has 0 unspecified atom stereocenters. The third-order valence-electron chi connectivity index (χ3n) is 2.17. The van der Waals surface area contributed by atoms with E-state index in [-0.39, 0.29) is 30.3 Å². The number of hydrogen-bond donors (Lipinski definition) is 1. The van der Waals surface area contributed by atoms with Crippen LogP contribution in [-0.4, -0.2) is 26.7 Å². The van der Waals surface area contributed by atoms with Crippen molar-refractivity contribution >= 4 is 19.7 Å². The second-order valence-corrected chi connectivity index (χ2v) is 6.17. The van der Waals surface area contributed by atoms with Crippen molar-refractivity contribution in [2.24, 2.45) is 0 Å². The van der Waals surface area contributed by atoms with Crippen LogP contribution in [0, 0.1) is 5.82 Å². The molecule has 1 aliphatic heterocycles. The van der Waals surface area contributed by atoms with E-state index in [1.54, 1.807) is 0 Å². The fraction of sp³-hybridized carbons (Fsp3) is 0.333. The molecule has 17 heavy (non-hydrogen) atoms. The molecule has 1 aliphatic rings. The molecule has 0 amide bonds. The maximum Gasteiger partial charge on any atom is 0.237 e. The van der Waals surface area contributed by atoms with Crippen LogP contribution < -0.4 is 9.47 Å². The van der Waals surface area contributed by atoms with Gasteiger partial charge in [-0.3, -0.25) is 0 Å². The number of halogens is 2. The summed E-state index contributed by atoms with van der Waals surface area (Å²) in [6, 6.07) is 0.939. The summed E-state index contributed by atoms with van der Waals surface area (Å²) in [5.74, 6) is -2.44. The van der Waals surface area contributed by atoms with Crippen LogP contribution >= 0.6 is 10.7 Å². The number of phenolic OH excluding ortho intramolecular Hbond substituents is 1. The van der Waals surface area contributed by atoms with Crippen molar-refractivity contribution < 1.29 is 27.4 Å². The lowest BCUT2D eigenvalue weighted by atomic mass is 10.1. The summed E-state index contributed by atoms with van der Waals surface area (Å²) in [4.78, 5) is 0. The predicted octanol–water partition coefficient (Wildman–Crippen LogP) is 1.37. The summed E-state index contributed by atoms with van der Waals surface area (Å²) in [7, 11) is 1.14. The van der Waals surface area contributed by atoms with Crippen molar-refractivity contribution in [2.75, 3.05) is 13.2 Å². The SMILES string of the molecule is O=S(=O)(Cl)Cc1c(O)c(F)cc2c1OCCO2. The van der Waals surface area contributed by atoms with Gasteiger partial charge >= 0.3 is 0 Å². The van der Waals surface area contributed by atoms with Crippen LogP contribution in [0.25, 0.3) is 0 Å². The first kappa shape index (κ1) is 12.3. The van der Waals surface area contributed by atoms with Gasteiger partial charge in [0.2, 0.25) is 9.05 Å². The van der Waals surface area contributed by atoms with Crippen LogP contribution in [0.5, 0.6) is 17.2 Å². The highest BCUT2D eigenvalue weighted by Crippen LogP contribution is 2.42. The minimum atomic E-state index is -3.94. The van der Waals surface area contributed by atoms with Crippen molar-refractivity contribution in [2.45, 2.75) is 5.75 Å². The number of hydrogen-bond acceptors (Lipinski definition) is 5. The van der Waals surface area contributed by atoms with Crippen LogP contribution in [0.3, 0.4) is 0 Å². The van der Waals surface area contributed by atoms with E-state index in [1.165, 1.54) is 0 Å². The average Bonchev–Trinajstić information content (AvgIpc) is 2.23. The maximum absolute atomic E-state index is 13.3. The zero-order valence-corrected chi connectivity index (χ0v) is 10.0. The van der Waals surface area contributed by atoms with Gasteiger partial charge in [-0.2, -0.15) is 0 Å². The van der Waals surface area contributed by atoms with Crippen LogP contribution in [0.4, 0.5) is 4.39 Å². The number of rotatable bonds is 2. The van der Waals surface area contributed by atoms with Crippen molar-refractivity contribution in [1.82, 2.24) is 0 Å². The first-order valence-electron chi connectivity index (χ1n) is 4.61. The lowest BCUT2D eigenvalue weighted by Gasteiger charge is -2.21. The lowest BCUT2D eigenvalue weighted by Crippen LogP contribution is -2.17. The zero-order chi connectivity index (χ0) is 12.6. The maximum atomic E-state index is 13.3. The van der Waals surface area contributed by atoms with E-state index in [2.05, 4.69) is 0 Å². The number of aromatic hydroxyl groups is 1. The zero-order valence-electron chi connectivity index (χ0n) is 8.44. The molecule has 94 valence electrons. The van der Waals surface area contributed by atoms with Gasteiger partial charge in [-0.25, -0.2) is 12.8 Å². The molecule has 1 N–H and O–H groups in total. The topological polar surface area (TPSA) is 72.8 Å². The van der Waals surface area contributed by atoms with E-state index >= 15 is 0 Å². The summed E-state index contributed by atoms with van der Waals surface area (Å²) in [6.45, 7) is 0.414. The van der Waals surface area contributed by atoms with Crippen molar-refractivity contribution in [3.63, 3.8) is 0 Å². The molecule has 2 rings (SSSR count). The van der Waals surface area contributed by atoms with Gasteiger partial charge in [0.15, 0.2) is 23.1 Å². The Hall–Kier alpha value is -1.21.